The highest BCUT2D eigenvalue weighted by Crippen LogP contribution is 2.33. The van der Waals surface area contributed by atoms with E-state index >= 15 is 0 Å². The largest absolute Gasteiger partial charge is 0.344 e. The lowest BCUT2D eigenvalue weighted by atomic mass is 10.0. The molecule has 2 aromatic heterocycles. The van der Waals surface area contributed by atoms with Crippen LogP contribution in [0.15, 0.2) is 71.3 Å². The van der Waals surface area contributed by atoms with Gasteiger partial charge in [0.2, 0.25) is 5.78 Å². The Morgan fingerprint density at radius 2 is 1.88 bits per heavy atom. The van der Waals surface area contributed by atoms with Crippen molar-refractivity contribution >= 4 is 32.6 Å². The third-order valence-corrected chi connectivity index (χ3v) is 7.44. The topological polar surface area (TPSA) is 34.9 Å². The molecule has 0 amide bonds. The van der Waals surface area contributed by atoms with Crippen molar-refractivity contribution in [2.75, 3.05) is 20.1 Å². The van der Waals surface area contributed by atoms with Gasteiger partial charge in [0.05, 0.1) is 13.6 Å². The molecule has 1 unspecified atom stereocenters. The molecule has 1 aliphatic rings. The van der Waals surface area contributed by atoms with Crippen LogP contribution in [-0.4, -0.2) is 40.0 Å². The fourth-order valence-corrected chi connectivity index (χ4v) is 5.34. The smallest absolute Gasteiger partial charge is 0.216 e. The summed E-state index contributed by atoms with van der Waals surface area (Å²) in [5.74, 6) is 0.212. The average molecular weight is 503 g/mol. The van der Waals surface area contributed by atoms with Crippen molar-refractivity contribution < 1.29 is 9.28 Å². The Kier molecular flexibility index (Phi) is 5.94. The number of halogens is 1. The molecule has 0 N–H and O–H groups in total. The van der Waals surface area contributed by atoms with Gasteiger partial charge in [-0.2, -0.15) is 0 Å². The number of carbonyl (C=O) groups excluding carboxylic acids is 1. The first-order chi connectivity index (χ1) is 15.9. The Balaban J connectivity index is 1.41. The van der Waals surface area contributed by atoms with E-state index in [2.05, 4.69) is 68.9 Å². The predicted molar refractivity (Wildman–Crippen MR) is 136 cm³/mol. The molecule has 2 aromatic carbocycles. The summed E-state index contributed by atoms with van der Waals surface area (Å²) in [6.45, 7) is 5.35. The summed E-state index contributed by atoms with van der Waals surface area (Å²) in [7, 11) is 2.23. The molecular weight excluding hydrogens is 474 g/mol. The summed E-state index contributed by atoms with van der Waals surface area (Å²) in [6.07, 6.45) is 3.95. The van der Waals surface area contributed by atoms with E-state index in [9.17, 15) is 4.79 Å². The van der Waals surface area contributed by atoms with Crippen LogP contribution in [0.1, 0.15) is 32.9 Å². The molecule has 0 spiro atoms. The monoisotopic (exact) mass is 502 g/mol. The summed E-state index contributed by atoms with van der Waals surface area (Å²) < 4.78 is 4.25. The van der Waals surface area contributed by atoms with Gasteiger partial charge in [0.1, 0.15) is 13.1 Å². The van der Waals surface area contributed by atoms with Gasteiger partial charge in [-0.05, 0) is 43.2 Å². The van der Waals surface area contributed by atoms with Gasteiger partial charge in [-0.1, -0.05) is 52.3 Å². The summed E-state index contributed by atoms with van der Waals surface area (Å²) in [4.78, 5) is 17.5. The first kappa shape index (κ1) is 22.1. The van der Waals surface area contributed by atoms with E-state index in [1.54, 1.807) is 0 Å². The number of carbonyl (C=O) groups is 1. The Morgan fingerprint density at radius 3 is 2.64 bits per heavy atom. The average Bonchev–Trinajstić information content (AvgIpc) is 3.11. The number of benzene rings is 2. The van der Waals surface area contributed by atoms with Gasteiger partial charge in [0.25, 0.3) is 0 Å². The fraction of sp³-hybridized carbons (Fsp3) is 0.286. The van der Waals surface area contributed by atoms with Gasteiger partial charge in [-0.25, -0.2) is 0 Å². The van der Waals surface area contributed by atoms with E-state index in [0.29, 0.717) is 6.54 Å². The number of pyridine rings is 1. The molecular formula is C28H29BrN3O+. The second-order valence-corrected chi connectivity index (χ2v) is 10.4. The van der Waals surface area contributed by atoms with Gasteiger partial charge in [-0.15, -0.1) is 0 Å². The molecule has 1 aliphatic heterocycles. The van der Waals surface area contributed by atoms with E-state index in [0.717, 1.165) is 52.7 Å². The number of nitrogens with zero attached hydrogens (tertiary/aromatic N) is 3. The maximum absolute atomic E-state index is 13.1. The van der Waals surface area contributed by atoms with Crippen LogP contribution in [0.5, 0.6) is 0 Å². The molecule has 4 aromatic rings. The highest BCUT2D eigenvalue weighted by atomic mass is 79.9. The van der Waals surface area contributed by atoms with Crippen LogP contribution in [0.4, 0.5) is 0 Å². The second-order valence-electron chi connectivity index (χ2n) is 9.49. The minimum atomic E-state index is 0.212. The number of para-hydroxylation sites is 1. The molecule has 0 bridgehead atoms. The van der Waals surface area contributed by atoms with Crippen LogP contribution in [0.3, 0.4) is 0 Å². The van der Waals surface area contributed by atoms with Gasteiger partial charge >= 0.3 is 0 Å². The van der Waals surface area contributed by atoms with Crippen LogP contribution in [0.2, 0.25) is 0 Å². The molecule has 1 atom stereocenters. The van der Waals surface area contributed by atoms with Crippen LogP contribution in [0, 0.1) is 6.92 Å². The second kappa shape index (κ2) is 8.88. The highest BCUT2D eigenvalue weighted by molar-refractivity contribution is 9.10. The molecule has 0 saturated carbocycles. The summed E-state index contributed by atoms with van der Waals surface area (Å²) >= 11 is 3.46. The number of Topliss-reactive ketones (excluding diaryl/α,β-unsaturated/α-hetero) is 1. The van der Waals surface area contributed by atoms with Crippen LogP contribution in [0.25, 0.3) is 10.9 Å². The lowest BCUT2D eigenvalue weighted by molar-refractivity contribution is -0.916. The van der Waals surface area contributed by atoms with Crippen molar-refractivity contribution in [3.05, 3.63) is 99.4 Å². The molecule has 4 nitrogen and oxygen atoms in total. The molecule has 0 radical (unpaired) electrons. The zero-order valence-corrected chi connectivity index (χ0v) is 20.8. The summed E-state index contributed by atoms with van der Waals surface area (Å²) in [5, 5.41) is 1.33. The van der Waals surface area contributed by atoms with Gasteiger partial charge < -0.3 is 9.05 Å². The Labute approximate surface area is 203 Å². The zero-order chi connectivity index (χ0) is 23.0. The van der Waals surface area contributed by atoms with Crippen molar-refractivity contribution in [1.82, 2.24) is 9.55 Å². The predicted octanol–water partition coefficient (Wildman–Crippen LogP) is 5.74. The Morgan fingerprint density at radius 1 is 1.09 bits per heavy atom. The molecule has 0 fully saturated rings. The van der Waals surface area contributed by atoms with Crippen LogP contribution in [-0.2, 0) is 25.9 Å². The third kappa shape index (κ3) is 4.53. The van der Waals surface area contributed by atoms with E-state index in [1.807, 2.05) is 37.4 Å². The van der Waals surface area contributed by atoms with Gasteiger partial charge in [0.15, 0.2) is 0 Å². The van der Waals surface area contributed by atoms with E-state index < -0.39 is 0 Å². The number of fused-ring (bicyclic) bond motifs is 3. The van der Waals surface area contributed by atoms with E-state index in [1.165, 1.54) is 27.7 Å². The zero-order valence-electron chi connectivity index (χ0n) is 19.2. The maximum atomic E-state index is 13.1. The maximum Gasteiger partial charge on any atom is 0.216 e. The lowest BCUT2D eigenvalue weighted by Crippen LogP contribution is -2.50. The molecule has 5 rings (SSSR count). The standard InChI is InChI=1S/C28H29BrN3O/c1-20-7-8-21(17-30-20)13-15-31-26-6-4-3-5-24(26)25-18-32(2,16-14-27(25)31)19-28(33)22-9-11-23(29)12-10-22/h3-12,17H,13-16,18-19H2,1-2H3/q+1. The van der Waals surface area contributed by atoms with Crippen molar-refractivity contribution in [3.63, 3.8) is 0 Å². The van der Waals surface area contributed by atoms with Crippen LogP contribution < -0.4 is 0 Å². The number of aryl methyl sites for hydroxylation is 3. The van der Waals surface area contributed by atoms with Crippen molar-refractivity contribution in [3.8, 4) is 0 Å². The third-order valence-electron chi connectivity index (χ3n) is 6.91. The van der Waals surface area contributed by atoms with E-state index in [-0.39, 0.29) is 5.78 Å². The first-order valence-corrected chi connectivity index (χ1v) is 12.3. The normalized spacial score (nSPS) is 17.8. The van der Waals surface area contributed by atoms with E-state index in [4.69, 9.17) is 0 Å². The number of aromatic nitrogens is 2. The minimum Gasteiger partial charge on any atom is -0.344 e. The molecule has 168 valence electrons. The van der Waals surface area contributed by atoms with Crippen molar-refractivity contribution in [2.45, 2.75) is 32.9 Å². The number of hydrogen-bond donors (Lipinski definition) is 0. The Hall–Kier alpha value is -2.76. The molecule has 5 heteroatoms. The number of hydrogen-bond acceptors (Lipinski definition) is 2. The minimum absolute atomic E-state index is 0.212. The number of rotatable bonds is 6. The van der Waals surface area contributed by atoms with Crippen LogP contribution >= 0.6 is 15.9 Å². The molecule has 33 heavy (non-hydrogen) atoms. The molecule has 0 aliphatic carbocycles. The Bertz CT molecular complexity index is 1310. The highest BCUT2D eigenvalue weighted by Gasteiger charge is 2.34. The fourth-order valence-electron chi connectivity index (χ4n) is 5.08. The van der Waals surface area contributed by atoms with Gasteiger partial charge in [-0.3, -0.25) is 9.78 Å². The number of likely N-dealkylation sites (N-methyl/N-ethyl adjacent to an activating group) is 1. The number of quaternary nitrogens is 1. The SMILES string of the molecule is Cc1ccc(CCn2c3c(c4ccccc42)C[N+](C)(CC(=O)c2ccc(Br)cc2)CC3)cn1. The number of ketones is 1. The quantitative estimate of drug-likeness (QED) is 0.249. The van der Waals surface area contributed by atoms with Gasteiger partial charge in [0, 0.05) is 57.1 Å². The summed E-state index contributed by atoms with van der Waals surface area (Å²) in [5.41, 5.74) is 7.25. The lowest BCUT2D eigenvalue weighted by Gasteiger charge is -2.37. The first-order valence-electron chi connectivity index (χ1n) is 11.5. The van der Waals surface area contributed by atoms with Crippen molar-refractivity contribution in [1.29, 1.82) is 0 Å². The summed E-state index contributed by atoms with van der Waals surface area (Å²) in [6, 6.07) is 20.7. The van der Waals surface area contributed by atoms with Crippen molar-refractivity contribution in [2.24, 2.45) is 0 Å². The molecule has 0 saturated heterocycles. The molecule has 3 heterocycles.